The molecule has 1 heterocycles. The van der Waals surface area contributed by atoms with Crippen LogP contribution < -0.4 is 0 Å². The second-order valence-electron chi connectivity index (χ2n) is 6.21. The smallest absolute Gasteiger partial charge is 0.0729 e. The molecule has 1 aliphatic carbocycles. The van der Waals surface area contributed by atoms with E-state index in [9.17, 15) is 5.11 Å². The summed E-state index contributed by atoms with van der Waals surface area (Å²) in [6.45, 7) is 2.26. The molecule has 1 N–H and O–H groups in total. The van der Waals surface area contributed by atoms with Gasteiger partial charge in [0.25, 0.3) is 0 Å². The number of aromatic nitrogens is 2. The zero-order chi connectivity index (χ0) is 14.1. The Morgan fingerprint density at radius 1 is 1.35 bits per heavy atom. The van der Waals surface area contributed by atoms with Gasteiger partial charge in [-0.05, 0) is 30.7 Å². The van der Waals surface area contributed by atoms with E-state index in [4.69, 9.17) is 0 Å². The minimum Gasteiger partial charge on any atom is -0.392 e. The lowest BCUT2D eigenvalue weighted by atomic mass is 9.94. The molecule has 3 nitrogen and oxygen atoms in total. The topological polar surface area (TPSA) is 38.1 Å². The summed E-state index contributed by atoms with van der Waals surface area (Å²) >= 11 is 0. The summed E-state index contributed by atoms with van der Waals surface area (Å²) in [5.41, 5.74) is 2.18. The van der Waals surface area contributed by atoms with Crippen molar-refractivity contribution in [3.8, 4) is 0 Å². The van der Waals surface area contributed by atoms with Crippen molar-refractivity contribution in [2.24, 2.45) is 18.9 Å². The fourth-order valence-corrected chi connectivity index (χ4v) is 3.64. The molecule has 0 radical (unpaired) electrons. The lowest BCUT2D eigenvalue weighted by Crippen LogP contribution is -2.21. The first kappa shape index (κ1) is 13.6. The second kappa shape index (κ2) is 5.57. The molecule has 0 bridgehead atoms. The van der Waals surface area contributed by atoms with Crippen LogP contribution in [-0.4, -0.2) is 21.0 Å². The van der Waals surface area contributed by atoms with E-state index in [2.05, 4.69) is 24.2 Å². The first-order valence-corrected chi connectivity index (χ1v) is 7.77. The molecule has 2 aromatic rings. The summed E-state index contributed by atoms with van der Waals surface area (Å²) in [7, 11) is 1.97. The summed E-state index contributed by atoms with van der Waals surface area (Å²) in [6, 6.07) is 8.27. The van der Waals surface area contributed by atoms with Crippen LogP contribution in [0.25, 0.3) is 10.9 Å². The number of fused-ring (bicyclic) bond motifs is 1. The van der Waals surface area contributed by atoms with Gasteiger partial charge in [0.1, 0.15) is 0 Å². The molecule has 3 heteroatoms. The van der Waals surface area contributed by atoms with Gasteiger partial charge in [0, 0.05) is 18.9 Å². The van der Waals surface area contributed by atoms with Crippen molar-refractivity contribution in [2.45, 2.75) is 45.1 Å². The van der Waals surface area contributed by atoms with Crippen LogP contribution in [0.2, 0.25) is 0 Å². The molecule has 3 atom stereocenters. The predicted octanol–water partition coefficient (Wildman–Crippen LogP) is 3.30. The summed E-state index contributed by atoms with van der Waals surface area (Å²) in [6.07, 6.45) is 5.32. The van der Waals surface area contributed by atoms with Crippen molar-refractivity contribution in [2.75, 3.05) is 0 Å². The van der Waals surface area contributed by atoms with Gasteiger partial charge in [-0.25, -0.2) is 0 Å². The summed E-state index contributed by atoms with van der Waals surface area (Å²) < 4.78 is 1.92. The Morgan fingerprint density at radius 2 is 2.15 bits per heavy atom. The second-order valence-corrected chi connectivity index (χ2v) is 6.21. The van der Waals surface area contributed by atoms with Gasteiger partial charge in [-0.3, -0.25) is 4.68 Å². The van der Waals surface area contributed by atoms with E-state index < -0.39 is 0 Å². The molecule has 1 aromatic carbocycles. The number of benzene rings is 1. The van der Waals surface area contributed by atoms with Crippen molar-refractivity contribution in [3.63, 3.8) is 0 Å². The number of hydrogen-bond donors (Lipinski definition) is 1. The SMILES string of the molecule is CCC1CCC(C(O)Cc2nn(C)c3ccccc23)C1. The summed E-state index contributed by atoms with van der Waals surface area (Å²) in [5, 5.41) is 16.3. The van der Waals surface area contributed by atoms with E-state index in [1.165, 1.54) is 31.1 Å². The van der Waals surface area contributed by atoms with Gasteiger partial charge < -0.3 is 5.11 Å². The maximum absolute atomic E-state index is 10.5. The maximum Gasteiger partial charge on any atom is 0.0729 e. The highest BCUT2D eigenvalue weighted by Crippen LogP contribution is 2.36. The number of para-hydroxylation sites is 1. The Hall–Kier alpha value is -1.35. The normalized spacial score (nSPS) is 24.4. The molecule has 0 spiro atoms. The van der Waals surface area contributed by atoms with Gasteiger partial charge in [-0.2, -0.15) is 5.10 Å². The molecule has 1 saturated carbocycles. The zero-order valence-electron chi connectivity index (χ0n) is 12.4. The third kappa shape index (κ3) is 2.47. The average Bonchev–Trinajstić information content (AvgIpc) is 3.05. The first-order chi connectivity index (χ1) is 9.69. The molecule has 0 amide bonds. The van der Waals surface area contributed by atoms with Gasteiger partial charge in [-0.1, -0.05) is 38.0 Å². The molecule has 20 heavy (non-hydrogen) atoms. The van der Waals surface area contributed by atoms with Gasteiger partial charge >= 0.3 is 0 Å². The number of hydrogen-bond acceptors (Lipinski definition) is 2. The molecule has 3 unspecified atom stereocenters. The van der Waals surface area contributed by atoms with E-state index in [0.29, 0.717) is 12.3 Å². The van der Waals surface area contributed by atoms with E-state index in [1.54, 1.807) is 0 Å². The van der Waals surface area contributed by atoms with Crippen LogP contribution >= 0.6 is 0 Å². The Balaban J connectivity index is 1.76. The molecule has 1 fully saturated rings. The molecule has 0 aliphatic heterocycles. The van der Waals surface area contributed by atoms with Crippen LogP contribution in [-0.2, 0) is 13.5 Å². The van der Waals surface area contributed by atoms with Crippen molar-refractivity contribution in [1.82, 2.24) is 9.78 Å². The molecule has 108 valence electrons. The van der Waals surface area contributed by atoms with Crippen LogP contribution in [0.15, 0.2) is 24.3 Å². The number of aliphatic hydroxyl groups excluding tert-OH is 1. The fraction of sp³-hybridized carbons (Fsp3) is 0.588. The van der Waals surface area contributed by atoms with E-state index in [-0.39, 0.29) is 6.10 Å². The van der Waals surface area contributed by atoms with Gasteiger partial charge in [0.05, 0.1) is 17.3 Å². The van der Waals surface area contributed by atoms with Gasteiger partial charge in [-0.15, -0.1) is 0 Å². The number of nitrogens with zero attached hydrogens (tertiary/aromatic N) is 2. The Bertz CT molecular complexity index is 590. The standard InChI is InChI=1S/C17H24N2O/c1-3-12-8-9-13(10-12)17(20)11-15-14-6-4-5-7-16(14)19(2)18-15/h4-7,12-13,17,20H,3,8-11H2,1-2H3. The Kier molecular flexibility index (Phi) is 3.79. The molecule has 0 saturated heterocycles. The van der Waals surface area contributed by atoms with E-state index in [0.717, 1.165) is 17.1 Å². The third-order valence-corrected chi connectivity index (χ3v) is 4.94. The number of rotatable bonds is 4. The highest BCUT2D eigenvalue weighted by molar-refractivity contribution is 5.81. The third-order valence-electron chi connectivity index (χ3n) is 4.94. The lowest BCUT2D eigenvalue weighted by Gasteiger charge is -2.17. The monoisotopic (exact) mass is 272 g/mol. The average molecular weight is 272 g/mol. The van der Waals surface area contributed by atoms with Gasteiger partial charge in [0.2, 0.25) is 0 Å². The highest BCUT2D eigenvalue weighted by Gasteiger charge is 2.29. The minimum absolute atomic E-state index is 0.246. The highest BCUT2D eigenvalue weighted by atomic mass is 16.3. The quantitative estimate of drug-likeness (QED) is 0.927. The minimum atomic E-state index is -0.246. The predicted molar refractivity (Wildman–Crippen MR) is 81.5 cm³/mol. The first-order valence-electron chi connectivity index (χ1n) is 7.77. The van der Waals surface area contributed by atoms with Gasteiger partial charge in [0.15, 0.2) is 0 Å². The van der Waals surface area contributed by atoms with Crippen molar-refractivity contribution in [1.29, 1.82) is 0 Å². The lowest BCUT2D eigenvalue weighted by molar-refractivity contribution is 0.108. The molecule has 3 rings (SSSR count). The van der Waals surface area contributed by atoms with Crippen LogP contribution in [0.3, 0.4) is 0 Å². The number of aliphatic hydroxyl groups is 1. The molecule has 1 aromatic heterocycles. The fourth-order valence-electron chi connectivity index (χ4n) is 3.64. The van der Waals surface area contributed by atoms with Crippen LogP contribution in [0.4, 0.5) is 0 Å². The molecule has 1 aliphatic rings. The van der Waals surface area contributed by atoms with Crippen molar-refractivity contribution < 1.29 is 5.11 Å². The number of aryl methyl sites for hydroxylation is 1. The summed E-state index contributed by atoms with van der Waals surface area (Å²) in [5.74, 6) is 1.27. The van der Waals surface area contributed by atoms with Crippen LogP contribution in [0.5, 0.6) is 0 Å². The van der Waals surface area contributed by atoms with Crippen LogP contribution in [0.1, 0.15) is 38.3 Å². The maximum atomic E-state index is 10.5. The largest absolute Gasteiger partial charge is 0.392 e. The molecular weight excluding hydrogens is 248 g/mol. The van der Waals surface area contributed by atoms with E-state index >= 15 is 0 Å². The Labute approximate surface area is 120 Å². The summed E-state index contributed by atoms with van der Waals surface area (Å²) in [4.78, 5) is 0. The van der Waals surface area contributed by atoms with Crippen molar-refractivity contribution in [3.05, 3.63) is 30.0 Å². The van der Waals surface area contributed by atoms with Crippen LogP contribution in [0, 0.1) is 11.8 Å². The zero-order valence-corrected chi connectivity index (χ0v) is 12.4. The molecular formula is C17H24N2O. The van der Waals surface area contributed by atoms with Crippen molar-refractivity contribution >= 4 is 10.9 Å². The Morgan fingerprint density at radius 3 is 2.90 bits per heavy atom. The van der Waals surface area contributed by atoms with E-state index in [1.807, 2.05) is 23.9 Å².